The predicted octanol–water partition coefficient (Wildman–Crippen LogP) is 0.547. The van der Waals surface area contributed by atoms with Crippen molar-refractivity contribution in [1.29, 1.82) is 0 Å². The maximum atomic E-state index is 11.2. The first-order chi connectivity index (χ1) is 5.41. The van der Waals surface area contributed by atoms with Gasteiger partial charge in [0, 0.05) is 12.3 Å². The highest BCUT2D eigenvalue weighted by Crippen LogP contribution is 2.27. The van der Waals surface area contributed by atoms with E-state index in [1.165, 1.54) is 6.26 Å². The van der Waals surface area contributed by atoms with Gasteiger partial charge in [-0.25, -0.2) is 8.42 Å². The quantitative estimate of drug-likeness (QED) is 0.658. The Hall–Kier alpha value is -0.0900. The molecule has 0 aromatic carbocycles. The molecule has 0 bridgehead atoms. The minimum absolute atomic E-state index is 0.146. The fourth-order valence-electron chi connectivity index (χ4n) is 1.76. The Labute approximate surface area is 74.3 Å². The Kier molecular flexibility index (Phi) is 2.78. The van der Waals surface area contributed by atoms with Crippen LogP contribution in [-0.2, 0) is 9.84 Å². The minimum Gasteiger partial charge on any atom is -0.327 e. The van der Waals surface area contributed by atoms with E-state index in [0.717, 1.165) is 19.3 Å². The van der Waals surface area contributed by atoms with Crippen molar-refractivity contribution >= 4 is 9.84 Å². The summed E-state index contributed by atoms with van der Waals surface area (Å²) in [6.07, 6.45) is 3.64. The number of hydrogen-bond acceptors (Lipinski definition) is 3. The van der Waals surface area contributed by atoms with Crippen molar-refractivity contribution in [2.45, 2.75) is 37.5 Å². The van der Waals surface area contributed by atoms with E-state index in [2.05, 4.69) is 0 Å². The summed E-state index contributed by atoms with van der Waals surface area (Å²) in [4.78, 5) is 0. The summed E-state index contributed by atoms with van der Waals surface area (Å²) in [5.41, 5.74) is 5.79. The molecule has 1 rings (SSSR count). The van der Waals surface area contributed by atoms with Crippen LogP contribution in [0.3, 0.4) is 0 Å². The molecule has 3 atom stereocenters. The lowest BCUT2D eigenvalue weighted by molar-refractivity contribution is 0.331. The van der Waals surface area contributed by atoms with Crippen LogP contribution in [0.5, 0.6) is 0 Å². The fraction of sp³-hybridized carbons (Fsp3) is 1.00. The monoisotopic (exact) mass is 191 g/mol. The smallest absolute Gasteiger partial charge is 0.150 e. The zero-order chi connectivity index (χ0) is 9.35. The number of sulfone groups is 1. The third-order valence-electron chi connectivity index (χ3n) is 2.79. The molecule has 0 aromatic rings. The molecule has 0 radical (unpaired) electrons. The van der Waals surface area contributed by atoms with E-state index in [1.807, 2.05) is 6.92 Å². The van der Waals surface area contributed by atoms with E-state index < -0.39 is 9.84 Å². The zero-order valence-corrected chi connectivity index (χ0v) is 8.47. The van der Waals surface area contributed by atoms with E-state index in [4.69, 9.17) is 5.73 Å². The Morgan fingerprint density at radius 1 is 1.33 bits per heavy atom. The summed E-state index contributed by atoms with van der Waals surface area (Å²) in [6.45, 7) is 2.03. The van der Waals surface area contributed by atoms with Gasteiger partial charge in [0.25, 0.3) is 0 Å². The molecule has 0 amide bonds. The normalized spacial score (nSPS) is 38.1. The molecule has 1 fully saturated rings. The van der Waals surface area contributed by atoms with Gasteiger partial charge in [0.15, 0.2) is 0 Å². The lowest BCUT2D eigenvalue weighted by atomic mass is 9.86. The van der Waals surface area contributed by atoms with Gasteiger partial charge >= 0.3 is 0 Å². The molecule has 1 aliphatic carbocycles. The molecular weight excluding hydrogens is 174 g/mol. The highest BCUT2D eigenvalue weighted by molar-refractivity contribution is 7.91. The van der Waals surface area contributed by atoms with Crippen LogP contribution < -0.4 is 5.73 Å². The molecule has 1 aliphatic rings. The van der Waals surface area contributed by atoms with Crippen molar-refractivity contribution in [3.63, 3.8) is 0 Å². The average Bonchev–Trinajstić information content (AvgIpc) is 1.92. The predicted molar refractivity (Wildman–Crippen MR) is 49.6 cm³/mol. The van der Waals surface area contributed by atoms with Crippen LogP contribution in [0.1, 0.15) is 26.2 Å². The minimum atomic E-state index is -2.84. The average molecular weight is 191 g/mol. The Bertz CT molecular complexity index is 248. The summed E-state index contributed by atoms with van der Waals surface area (Å²) < 4.78 is 22.4. The number of nitrogens with two attached hydrogens (primary N) is 1. The SMILES string of the molecule is CC1CC(S(C)(=O)=O)CCC1N. The summed E-state index contributed by atoms with van der Waals surface area (Å²) in [5.74, 6) is 0.346. The van der Waals surface area contributed by atoms with Crippen molar-refractivity contribution in [1.82, 2.24) is 0 Å². The summed E-state index contributed by atoms with van der Waals surface area (Å²) in [5, 5.41) is -0.146. The molecule has 0 aliphatic heterocycles. The van der Waals surface area contributed by atoms with Gasteiger partial charge in [0.05, 0.1) is 5.25 Å². The fourth-order valence-corrected chi connectivity index (χ4v) is 2.98. The van der Waals surface area contributed by atoms with Gasteiger partial charge in [0.2, 0.25) is 0 Å². The first kappa shape index (κ1) is 9.99. The molecule has 1 saturated carbocycles. The second-order valence-corrected chi connectivity index (χ2v) is 6.23. The van der Waals surface area contributed by atoms with Crippen molar-refractivity contribution in [2.24, 2.45) is 11.7 Å². The Morgan fingerprint density at radius 3 is 2.33 bits per heavy atom. The first-order valence-electron chi connectivity index (χ1n) is 4.35. The first-order valence-corrected chi connectivity index (χ1v) is 6.31. The third kappa shape index (κ3) is 2.20. The van der Waals surface area contributed by atoms with Crippen LogP contribution >= 0.6 is 0 Å². The van der Waals surface area contributed by atoms with Gasteiger partial charge < -0.3 is 5.73 Å². The van der Waals surface area contributed by atoms with Crippen LogP contribution in [0.25, 0.3) is 0 Å². The van der Waals surface area contributed by atoms with Crippen LogP contribution in [0.2, 0.25) is 0 Å². The molecule has 3 unspecified atom stereocenters. The van der Waals surface area contributed by atoms with Gasteiger partial charge in [-0.05, 0) is 25.2 Å². The van der Waals surface area contributed by atoms with Crippen LogP contribution in [0.15, 0.2) is 0 Å². The van der Waals surface area contributed by atoms with E-state index in [-0.39, 0.29) is 11.3 Å². The molecule has 2 N–H and O–H groups in total. The molecule has 3 nitrogen and oxygen atoms in total. The maximum absolute atomic E-state index is 11.2. The molecule has 0 heterocycles. The van der Waals surface area contributed by atoms with Crippen molar-refractivity contribution in [3.05, 3.63) is 0 Å². The lowest BCUT2D eigenvalue weighted by Crippen LogP contribution is -2.39. The van der Waals surface area contributed by atoms with Gasteiger partial charge in [0.1, 0.15) is 9.84 Å². The van der Waals surface area contributed by atoms with Crippen molar-refractivity contribution < 1.29 is 8.42 Å². The molecule has 0 spiro atoms. The Morgan fingerprint density at radius 2 is 1.92 bits per heavy atom. The summed E-state index contributed by atoms with van der Waals surface area (Å²) in [7, 11) is -2.84. The van der Waals surface area contributed by atoms with E-state index >= 15 is 0 Å². The zero-order valence-electron chi connectivity index (χ0n) is 7.66. The Balaban J connectivity index is 2.64. The molecule has 12 heavy (non-hydrogen) atoms. The second kappa shape index (κ2) is 3.34. The van der Waals surface area contributed by atoms with Gasteiger partial charge in [-0.15, -0.1) is 0 Å². The summed E-state index contributed by atoms with van der Waals surface area (Å²) in [6, 6.07) is 0.197. The standard InChI is InChI=1S/C8H17NO2S/c1-6-5-7(12(2,10)11)3-4-8(6)9/h6-8H,3-5,9H2,1-2H3. The lowest BCUT2D eigenvalue weighted by Gasteiger charge is -2.30. The van der Waals surface area contributed by atoms with Gasteiger partial charge in [-0.2, -0.15) is 0 Å². The topological polar surface area (TPSA) is 60.2 Å². The molecular formula is C8H17NO2S. The molecule has 0 aromatic heterocycles. The number of rotatable bonds is 1. The van der Waals surface area contributed by atoms with Crippen molar-refractivity contribution in [2.75, 3.05) is 6.26 Å². The van der Waals surface area contributed by atoms with Crippen molar-refractivity contribution in [3.8, 4) is 0 Å². The second-order valence-electron chi connectivity index (χ2n) is 3.91. The van der Waals surface area contributed by atoms with Crippen LogP contribution in [0, 0.1) is 5.92 Å². The third-order valence-corrected chi connectivity index (χ3v) is 4.43. The van der Waals surface area contributed by atoms with Gasteiger partial charge in [-0.1, -0.05) is 6.92 Å². The van der Waals surface area contributed by atoms with E-state index in [1.54, 1.807) is 0 Å². The molecule has 4 heteroatoms. The highest BCUT2D eigenvalue weighted by atomic mass is 32.2. The number of hydrogen-bond donors (Lipinski definition) is 1. The summed E-state index contributed by atoms with van der Waals surface area (Å²) >= 11 is 0. The molecule has 0 saturated heterocycles. The van der Waals surface area contributed by atoms with Crippen LogP contribution in [0.4, 0.5) is 0 Å². The van der Waals surface area contributed by atoms with E-state index in [0.29, 0.717) is 5.92 Å². The van der Waals surface area contributed by atoms with E-state index in [9.17, 15) is 8.42 Å². The highest BCUT2D eigenvalue weighted by Gasteiger charge is 2.30. The largest absolute Gasteiger partial charge is 0.327 e. The van der Waals surface area contributed by atoms with Crippen LogP contribution in [-0.4, -0.2) is 26.0 Å². The maximum Gasteiger partial charge on any atom is 0.150 e. The molecule has 72 valence electrons. The van der Waals surface area contributed by atoms with Gasteiger partial charge in [-0.3, -0.25) is 0 Å².